The first kappa shape index (κ1) is 13.1. The molecule has 16 heavy (non-hydrogen) atoms. The SMILES string of the molecule is COC(C)(C)C(O)c1c(C)cc(C)cc1F. The number of benzene rings is 1. The first-order chi connectivity index (χ1) is 7.29. The van der Waals surface area contributed by atoms with E-state index < -0.39 is 11.7 Å². The van der Waals surface area contributed by atoms with Crippen LogP contribution >= 0.6 is 0 Å². The van der Waals surface area contributed by atoms with Crippen LogP contribution < -0.4 is 0 Å². The Labute approximate surface area is 96.1 Å². The van der Waals surface area contributed by atoms with Gasteiger partial charge in [-0.25, -0.2) is 4.39 Å². The van der Waals surface area contributed by atoms with Crippen molar-refractivity contribution >= 4 is 0 Å². The molecule has 0 radical (unpaired) electrons. The number of ether oxygens (including phenoxy) is 1. The average molecular weight is 226 g/mol. The number of hydrogen-bond acceptors (Lipinski definition) is 2. The van der Waals surface area contributed by atoms with Gasteiger partial charge in [-0.1, -0.05) is 6.07 Å². The quantitative estimate of drug-likeness (QED) is 0.858. The molecule has 0 aliphatic carbocycles. The van der Waals surface area contributed by atoms with Gasteiger partial charge in [0.1, 0.15) is 11.9 Å². The lowest BCUT2D eigenvalue weighted by molar-refractivity contribution is -0.0808. The summed E-state index contributed by atoms with van der Waals surface area (Å²) in [5.74, 6) is -0.380. The number of methoxy groups -OCH3 is 1. The Balaban J connectivity index is 3.24. The molecule has 0 aliphatic rings. The summed E-state index contributed by atoms with van der Waals surface area (Å²) in [6.07, 6.45) is -0.974. The van der Waals surface area contributed by atoms with E-state index in [2.05, 4.69) is 0 Å². The normalized spacial score (nSPS) is 13.9. The molecule has 1 aromatic rings. The van der Waals surface area contributed by atoms with Gasteiger partial charge in [-0.05, 0) is 44.9 Å². The van der Waals surface area contributed by atoms with Gasteiger partial charge in [-0.15, -0.1) is 0 Å². The molecular weight excluding hydrogens is 207 g/mol. The lowest BCUT2D eigenvalue weighted by Gasteiger charge is -2.30. The summed E-state index contributed by atoms with van der Waals surface area (Å²) >= 11 is 0. The summed E-state index contributed by atoms with van der Waals surface area (Å²) in [6, 6.07) is 3.28. The molecule has 1 unspecified atom stereocenters. The van der Waals surface area contributed by atoms with Crippen molar-refractivity contribution in [2.24, 2.45) is 0 Å². The largest absolute Gasteiger partial charge is 0.385 e. The van der Waals surface area contributed by atoms with Crippen LogP contribution in [0.3, 0.4) is 0 Å². The van der Waals surface area contributed by atoms with Crippen molar-refractivity contribution in [3.8, 4) is 0 Å². The summed E-state index contributed by atoms with van der Waals surface area (Å²) in [4.78, 5) is 0. The van der Waals surface area contributed by atoms with Crippen molar-refractivity contribution in [3.05, 3.63) is 34.6 Å². The van der Waals surface area contributed by atoms with E-state index in [0.717, 1.165) is 11.1 Å². The second kappa shape index (κ2) is 4.52. The van der Waals surface area contributed by atoms with E-state index in [1.54, 1.807) is 20.8 Å². The topological polar surface area (TPSA) is 29.5 Å². The zero-order valence-electron chi connectivity index (χ0n) is 10.5. The van der Waals surface area contributed by atoms with E-state index in [9.17, 15) is 9.50 Å². The molecule has 0 aliphatic heterocycles. The van der Waals surface area contributed by atoms with Crippen molar-refractivity contribution in [2.45, 2.75) is 39.4 Å². The Hall–Kier alpha value is -0.930. The van der Waals surface area contributed by atoms with E-state index in [-0.39, 0.29) is 5.82 Å². The van der Waals surface area contributed by atoms with Crippen LogP contribution in [0.1, 0.15) is 36.6 Å². The van der Waals surface area contributed by atoms with Crippen molar-refractivity contribution in [1.29, 1.82) is 0 Å². The first-order valence-electron chi connectivity index (χ1n) is 5.29. The minimum atomic E-state index is -0.974. The molecule has 1 rings (SSSR count). The number of aryl methyl sites for hydroxylation is 2. The van der Waals surface area contributed by atoms with Crippen LogP contribution in [0.4, 0.5) is 4.39 Å². The Morgan fingerprint density at radius 2 is 1.88 bits per heavy atom. The van der Waals surface area contributed by atoms with Gasteiger partial charge in [-0.3, -0.25) is 0 Å². The molecule has 2 nitrogen and oxygen atoms in total. The van der Waals surface area contributed by atoms with Gasteiger partial charge in [0.05, 0.1) is 5.60 Å². The van der Waals surface area contributed by atoms with Crippen molar-refractivity contribution < 1.29 is 14.2 Å². The zero-order valence-corrected chi connectivity index (χ0v) is 10.5. The Morgan fingerprint density at radius 3 is 2.31 bits per heavy atom. The van der Waals surface area contributed by atoms with Gasteiger partial charge in [-0.2, -0.15) is 0 Å². The molecule has 1 aromatic carbocycles. The van der Waals surface area contributed by atoms with Gasteiger partial charge in [0.25, 0.3) is 0 Å². The predicted octanol–water partition coefficient (Wildman–Crippen LogP) is 2.90. The fourth-order valence-electron chi connectivity index (χ4n) is 1.73. The van der Waals surface area contributed by atoms with Gasteiger partial charge in [0.15, 0.2) is 0 Å². The molecular formula is C13H19FO2. The third-order valence-electron chi connectivity index (χ3n) is 2.94. The average Bonchev–Trinajstić information content (AvgIpc) is 2.15. The summed E-state index contributed by atoms with van der Waals surface area (Å²) < 4.78 is 19.0. The molecule has 0 aromatic heterocycles. The van der Waals surface area contributed by atoms with Gasteiger partial charge in [0.2, 0.25) is 0 Å². The molecule has 3 heteroatoms. The van der Waals surface area contributed by atoms with Crippen LogP contribution in [0.2, 0.25) is 0 Å². The van der Waals surface area contributed by atoms with E-state index in [1.807, 2.05) is 13.0 Å². The second-order valence-electron chi connectivity index (χ2n) is 4.69. The Kier molecular flexibility index (Phi) is 3.71. The molecule has 1 N–H and O–H groups in total. The lowest BCUT2D eigenvalue weighted by Crippen LogP contribution is -2.32. The fourth-order valence-corrected chi connectivity index (χ4v) is 1.73. The molecule has 0 saturated heterocycles. The molecule has 0 fully saturated rings. The molecule has 1 atom stereocenters. The van der Waals surface area contributed by atoms with Crippen molar-refractivity contribution in [1.82, 2.24) is 0 Å². The summed E-state index contributed by atoms with van der Waals surface area (Å²) in [7, 11) is 1.50. The number of rotatable bonds is 3. The smallest absolute Gasteiger partial charge is 0.129 e. The van der Waals surface area contributed by atoms with E-state index >= 15 is 0 Å². The maximum absolute atomic E-state index is 13.8. The number of aliphatic hydroxyl groups is 1. The first-order valence-corrected chi connectivity index (χ1v) is 5.29. The minimum absolute atomic E-state index is 0.317. The predicted molar refractivity (Wildman–Crippen MR) is 61.9 cm³/mol. The highest BCUT2D eigenvalue weighted by atomic mass is 19.1. The highest BCUT2D eigenvalue weighted by Gasteiger charge is 2.32. The maximum atomic E-state index is 13.8. The van der Waals surface area contributed by atoms with E-state index in [1.165, 1.54) is 13.2 Å². The molecule has 0 bridgehead atoms. The third-order valence-corrected chi connectivity index (χ3v) is 2.94. The van der Waals surface area contributed by atoms with Crippen LogP contribution in [-0.4, -0.2) is 17.8 Å². The van der Waals surface area contributed by atoms with Gasteiger partial charge in [0, 0.05) is 12.7 Å². The Morgan fingerprint density at radius 1 is 1.31 bits per heavy atom. The zero-order chi connectivity index (χ0) is 12.5. The van der Waals surface area contributed by atoms with Crippen LogP contribution in [0.25, 0.3) is 0 Å². The molecule has 0 saturated carbocycles. The van der Waals surface area contributed by atoms with E-state index in [4.69, 9.17) is 4.74 Å². The van der Waals surface area contributed by atoms with Crippen LogP contribution in [0, 0.1) is 19.7 Å². The summed E-state index contributed by atoms with van der Waals surface area (Å²) in [6.45, 7) is 7.08. The molecule has 0 heterocycles. The Bertz CT molecular complexity index is 363. The minimum Gasteiger partial charge on any atom is -0.385 e. The summed E-state index contributed by atoms with van der Waals surface area (Å²) in [5.41, 5.74) is 1.11. The standard InChI is InChI=1S/C13H19FO2/c1-8-6-9(2)11(10(14)7-8)12(15)13(3,4)16-5/h6-7,12,15H,1-5H3. The van der Waals surface area contributed by atoms with Crippen LogP contribution in [-0.2, 0) is 4.74 Å². The van der Waals surface area contributed by atoms with Crippen molar-refractivity contribution in [3.63, 3.8) is 0 Å². The highest BCUT2D eigenvalue weighted by Crippen LogP contribution is 2.32. The molecule has 0 amide bonds. The number of hydrogen-bond donors (Lipinski definition) is 1. The van der Waals surface area contributed by atoms with Gasteiger partial charge >= 0.3 is 0 Å². The highest BCUT2D eigenvalue weighted by molar-refractivity contribution is 5.34. The lowest BCUT2D eigenvalue weighted by atomic mass is 9.90. The fraction of sp³-hybridized carbons (Fsp3) is 0.538. The maximum Gasteiger partial charge on any atom is 0.129 e. The second-order valence-corrected chi connectivity index (χ2v) is 4.69. The molecule has 90 valence electrons. The summed E-state index contributed by atoms with van der Waals surface area (Å²) in [5, 5.41) is 10.1. The van der Waals surface area contributed by atoms with Crippen LogP contribution in [0.15, 0.2) is 12.1 Å². The number of halogens is 1. The van der Waals surface area contributed by atoms with Gasteiger partial charge < -0.3 is 9.84 Å². The third kappa shape index (κ3) is 2.42. The van der Waals surface area contributed by atoms with E-state index in [0.29, 0.717) is 5.56 Å². The van der Waals surface area contributed by atoms with Crippen LogP contribution in [0.5, 0.6) is 0 Å². The number of aliphatic hydroxyl groups excluding tert-OH is 1. The van der Waals surface area contributed by atoms with Crippen molar-refractivity contribution in [2.75, 3.05) is 7.11 Å². The monoisotopic (exact) mass is 226 g/mol. The molecule has 0 spiro atoms.